The minimum atomic E-state index is -0.510. The maximum Gasteiger partial charge on any atom is 0.310 e. The Morgan fingerprint density at radius 2 is 1.84 bits per heavy atom. The Morgan fingerprint density at radius 3 is 2.53 bits per heavy atom. The molecule has 0 saturated heterocycles. The molecule has 2 aromatic rings. The van der Waals surface area contributed by atoms with Gasteiger partial charge >= 0.3 is 5.97 Å². The van der Waals surface area contributed by atoms with Gasteiger partial charge in [0.05, 0.1) is 6.42 Å². The predicted molar refractivity (Wildman–Crippen MR) is 75.2 cm³/mol. The van der Waals surface area contributed by atoms with Gasteiger partial charge in [0, 0.05) is 10.9 Å². The summed E-state index contributed by atoms with van der Waals surface area (Å²) in [6.07, 6.45) is 0.0773. The van der Waals surface area contributed by atoms with Gasteiger partial charge in [-0.1, -0.05) is 36.4 Å². The fourth-order valence-corrected chi connectivity index (χ4v) is 1.98. The number of carbonyl (C=O) groups is 1. The molecule has 19 heavy (non-hydrogen) atoms. The van der Waals surface area contributed by atoms with E-state index in [0.29, 0.717) is 5.56 Å². The fraction of sp³-hybridized carbons (Fsp3) is 0.312. The van der Waals surface area contributed by atoms with Gasteiger partial charge in [0.1, 0.15) is 11.4 Å². The second-order valence-electron chi connectivity index (χ2n) is 5.56. The SMILES string of the molecule is CC(C)(C)OC(=O)Cc1ccc2ccccc2c1O. The normalized spacial score (nSPS) is 11.5. The number of ether oxygens (including phenoxy) is 1. The quantitative estimate of drug-likeness (QED) is 0.839. The molecule has 0 aliphatic rings. The predicted octanol–water partition coefficient (Wildman–Crippen LogP) is 3.43. The van der Waals surface area contributed by atoms with Crippen LogP contribution in [0, 0.1) is 0 Å². The third-order valence-electron chi connectivity index (χ3n) is 2.74. The van der Waals surface area contributed by atoms with Crippen LogP contribution in [0.2, 0.25) is 0 Å². The number of benzene rings is 2. The first-order valence-corrected chi connectivity index (χ1v) is 6.28. The number of hydrogen-bond donors (Lipinski definition) is 1. The van der Waals surface area contributed by atoms with Gasteiger partial charge in [-0.15, -0.1) is 0 Å². The summed E-state index contributed by atoms with van der Waals surface area (Å²) in [6.45, 7) is 5.47. The van der Waals surface area contributed by atoms with Crippen molar-refractivity contribution in [3.63, 3.8) is 0 Å². The van der Waals surface area contributed by atoms with Gasteiger partial charge in [-0.2, -0.15) is 0 Å². The minimum absolute atomic E-state index is 0.0773. The lowest BCUT2D eigenvalue weighted by Crippen LogP contribution is -2.24. The summed E-state index contributed by atoms with van der Waals surface area (Å²) in [5.74, 6) is -0.179. The summed E-state index contributed by atoms with van der Waals surface area (Å²) in [5, 5.41) is 11.9. The highest BCUT2D eigenvalue weighted by Gasteiger charge is 2.18. The van der Waals surface area contributed by atoms with Crippen LogP contribution in [0.3, 0.4) is 0 Å². The summed E-state index contributed by atoms with van der Waals surface area (Å²) in [4.78, 5) is 11.8. The zero-order valence-corrected chi connectivity index (χ0v) is 11.4. The molecular weight excluding hydrogens is 240 g/mol. The van der Waals surface area contributed by atoms with E-state index in [-0.39, 0.29) is 18.1 Å². The topological polar surface area (TPSA) is 46.5 Å². The molecule has 3 heteroatoms. The Labute approximate surface area is 112 Å². The number of phenolic OH excluding ortho intramolecular Hbond substituents is 1. The molecule has 0 unspecified atom stereocenters. The number of aromatic hydroxyl groups is 1. The molecule has 0 atom stereocenters. The van der Waals surface area contributed by atoms with E-state index in [1.807, 2.05) is 51.1 Å². The highest BCUT2D eigenvalue weighted by Crippen LogP contribution is 2.29. The van der Waals surface area contributed by atoms with Gasteiger partial charge in [0.25, 0.3) is 0 Å². The van der Waals surface area contributed by atoms with Gasteiger partial charge in [-0.3, -0.25) is 4.79 Å². The number of fused-ring (bicyclic) bond motifs is 1. The largest absolute Gasteiger partial charge is 0.507 e. The first-order chi connectivity index (χ1) is 8.87. The lowest BCUT2D eigenvalue weighted by Gasteiger charge is -2.19. The van der Waals surface area contributed by atoms with Crippen molar-refractivity contribution in [2.45, 2.75) is 32.8 Å². The number of rotatable bonds is 2. The third-order valence-corrected chi connectivity index (χ3v) is 2.74. The highest BCUT2D eigenvalue weighted by atomic mass is 16.6. The molecule has 0 aromatic heterocycles. The van der Waals surface area contributed by atoms with Gasteiger partial charge in [-0.05, 0) is 26.2 Å². The van der Waals surface area contributed by atoms with E-state index in [0.717, 1.165) is 10.8 Å². The molecule has 0 amide bonds. The van der Waals surface area contributed by atoms with Crippen molar-refractivity contribution in [3.05, 3.63) is 42.0 Å². The molecule has 0 radical (unpaired) electrons. The summed E-state index contributed by atoms with van der Waals surface area (Å²) >= 11 is 0. The molecule has 3 nitrogen and oxygen atoms in total. The van der Waals surface area contributed by atoms with E-state index in [9.17, 15) is 9.90 Å². The standard InChI is InChI=1S/C16H18O3/c1-16(2,3)19-14(17)10-12-9-8-11-6-4-5-7-13(11)15(12)18/h4-9,18H,10H2,1-3H3. The summed E-state index contributed by atoms with van der Waals surface area (Å²) in [7, 11) is 0. The smallest absolute Gasteiger partial charge is 0.310 e. The first kappa shape index (κ1) is 13.4. The molecule has 0 fully saturated rings. The third kappa shape index (κ3) is 3.25. The lowest BCUT2D eigenvalue weighted by atomic mass is 10.0. The van der Waals surface area contributed by atoms with E-state index in [4.69, 9.17) is 4.74 Å². The molecule has 2 aromatic carbocycles. The Hall–Kier alpha value is -2.03. The van der Waals surface area contributed by atoms with Gasteiger partial charge in [-0.25, -0.2) is 0 Å². The van der Waals surface area contributed by atoms with E-state index in [1.165, 1.54) is 0 Å². The van der Waals surface area contributed by atoms with Crippen molar-refractivity contribution in [2.24, 2.45) is 0 Å². The van der Waals surface area contributed by atoms with Crippen LogP contribution in [0.5, 0.6) is 5.75 Å². The molecule has 0 spiro atoms. The Morgan fingerprint density at radius 1 is 1.16 bits per heavy atom. The van der Waals surface area contributed by atoms with Crippen LogP contribution in [-0.4, -0.2) is 16.7 Å². The van der Waals surface area contributed by atoms with Crippen molar-refractivity contribution in [3.8, 4) is 5.75 Å². The molecule has 0 aliphatic heterocycles. The van der Waals surface area contributed by atoms with Crippen molar-refractivity contribution in [2.75, 3.05) is 0 Å². The van der Waals surface area contributed by atoms with Crippen LogP contribution in [0.4, 0.5) is 0 Å². The van der Waals surface area contributed by atoms with Crippen molar-refractivity contribution in [1.29, 1.82) is 0 Å². The van der Waals surface area contributed by atoms with E-state index >= 15 is 0 Å². The van der Waals surface area contributed by atoms with Crippen LogP contribution in [0.25, 0.3) is 10.8 Å². The van der Waals surface area contributed by atoms with Crippen LogP contribution in [-0.2, 0) is 16.0 Å². The maximum absolute atomic E-state index is 11.8. The summed E-state index contributed by atoms with van der Waals surface area (Å²) in [6, 6.07) is 11.2. The Bertz CT molecular complexity index is 609. The second kappa shape index (κ2) is 4.92. The molecule has 100 valence electrons. The van der Waals surface area contributed by atoms with Crippen LogP contribution in [0.1, 0.15) is 26.3 Å². The van der Waals surface area contributed by atoms with Crippen molar-refractivity contribution < 1.29 is 14.6 Å². The second-order valence-corrected chi connectivity index (χ2v) is 5.56. The molecule has 0 bridgehead atoms. The van der Waals surface area contributed by atoms with Gasteiger partial charge < -0.3 is 9.84 Å². The minimum Gasteiger partial charge on any atom is -0.507 e. The van der Waals surface area contributed by atoms with Crippen LogP contribution < -0.4 is 0 Å². The van der Waals surface area contributed by atoms with Crippen molar-refractivity contribution >= 4 is 16.7 Å². The molecule has 0 saturated carbocycles. The zero-order chi connectivity index (χ0) is 14.0. The Balaban J connectivity index is 2.26. The summed E-state index contributed by atoms with van der Waals surface area (Å²) < 4.78 is 5.26. The van der Waals surface area contributed by atoms with Crippen molar-refractivity contribution in [1.82, 2.24) is 0 Å². The maximum atomic E-state index is 11.8. The van der Waals surface area contributed by atoms with Crippen LogP contribution >= 0.6 is 0 Å². The lowest BCUT2D eigenvalue weighted by molar-refractivity contribution is -0.153. The van der Waals surface area contributed by atoms with E-state index in [2.05, 4.69) is 0 Å². The first-order valence-electron chi connectivity index (χ1n) is 6.28. The van der Waals surface area contributed by atoms with E-state index in [1.54, 1.807) is 6.07 Å². The Kier molecular flexibility index (Phi) is 3.47. The molecule has 0 aliphatic carbocycles. The monoisotopic (exact) mass is 258 g/mol. The summed E-state index contributed by atoms with van der Waals surface area (Å²) in [5.41, 5.74) is 0.0803. The van der Waals surface area contributed by atoms with Crippen LogP contribution in [0.15, 0.2) is 36.4 Å². The van der Waals surface area contributed by atoms with Gasteiger partial charge in [0.2, 0.25) is 0 Å². The highest BCUT2D eigenvalue weighted by molar-refractivity contribution is 5.90. The molecular formula is C16H18O3. The number of esters is 1. The zero-order valence-electron chi connectivity index (χ0n) is 11.4. The number of hydrogen-bond acceptors (Lipinski definition) is 3. The fourth-order valence-electron chi connectivity index (χ4n) is 1.98. The van der Waals surface area contributed by atoms with E-state index < -0.39 is 5.60 Å². The number of carbonyl (C=O) groups excluding carboxylic acids is 1. The average Bonchev–Trinajstić information content (AvgIpc) is 2.31. The average molecular weight is 258 g/mol. The molecule has 1 N–H and O–H groups in total. The molecule has 2 rings (SSSR count). The van der Waals surface area contributed by atoms with Gasteiger partial charge in [0.15, 0.2) is 0 Å². The number of phenols is 1. The molecule has 0 heterocycles.